The van der Waals surface area contributed by atoms with Crippen molar-refractivity contribution in [1.29, 1.82) is 0 Å². The molecule has 1 aromatic carbocycles. The molecule has 0 spiro atoms. The molecule has 0 amide bonds. The minimum absolute atomic E-state index is 0.205. The lowest BCUT2D eigenvalue weighted by Gasteiger charge is -2.03. The molecule has 1 aliphatic carbocycles. The highest BCUT2D eigenvalue weighted by Crippen LogP contribution is 2.55. The molecule has 13 heavy (non-hydrogen) atoms. The predicted molar refractivity (Wildman–Crippen MR) is 56.2 cm³/mol. The van der Waals surface area contributed by atoms with Crippen LogP contribution < -0.4 is 0 Å². The van der Waals surface area contributed by atoms with Gasteiger partial charge in [0, 0.05) is 22.4 Å². The van der Waals surface area contributed by atoms with E-state index in [1.54, 1.807) is 0 Å². The standard InChI is InChI=1S/C11H10BrN/c1-8-7-11(8,13-2)9-4-3-5-10(12)6-9/h3-6,8H,7H2,1H3. The van der Waals surface area contributed by atoms with E-state index in [0.29, 0.717) is 5.92 Å². The first-order valence-corrected chi connectivity index (χ1v) is 5.13. The van der Waals surface area contributed by atoms with Crippen molar-refractivity contribution in [1.82, 2.24) is 0 Å². The van der Waals surface area contributed by atoms with E-state index in [9.17, 15) is 0 Å². The largest absolute Gasteiger partial charge is 0.305 e. The van der Waals surface area contributed by atoms with Crippen LogP contribution >= 0.6 is 15.9 Å². The van der Waals surface area contributed by atoms with Gasteiger partial charge in [-0.05, 0) is 12.1 Å². The maximum atomic E-state index is 7.22. The molecule has 2 unspecified atom stereocenters. The van der Waals surface area contributed by atoms with E-state index in [1.807, 2.05) is 18.2 Å². The number of halogens is 1. The van der Waals surface area contributed by atoms with Gasteiger partial charge in [-0.2, -0.15) is 0 Å². The number of hydrogen-bond acceptors (Lipinski definition) is 0. The van der Waals surface area contributed by atoms with Crippen molar-refractivity contribution in [3.8, 4) is 0 Å². The van der Waals surface area contributed by atoms with Crippen LogP contribution in [0.25, 0.3) is 4.85 Å². The third kappa shape index (κ3) is 1.28. The summed E-state index contributed by atoms with van der Waals surface area (Å²) in [5.41, 5.74) is 0.952. The topological polar surface area (TPSA) is 4.36 Å². The highest BCUT2D eigenvalue weighted by molar-refractivity contribution is 9.10. The summed E-state index contributed by atoms with van der Waals surface area (Å²) in [4.78, 5) is 3.75. The Morgan fingerprint density at radius 1 is 1.62 bits per heavy atom. The van der Waals surface area contributed by atoms with Crippen LogP contribution in [0.1, 0.15) is 18.9 Å². The smallest absolute Gasteiger partial charge is 0.260 e. The van der Waals surface area contributed by atoms with E-state index in [1.165, 1.54) is 0 Å². The highest BCUT2D eigenvalue weighted by Gasteiger charge is 2.60. The third-order valence-corrected chi connectivity index (χ3v) is 3.29. The zero-order valence-corrected chi connectivity index (χ0v) is 9.01. The van der Waals surface area contributed by atoms with Crippen molar-refractivity contribution in [2.75, 3.05) is 0 Å². The lowest BCUT2D eigenvalue weighted by atomic mass is 10.0. The Bertz CT molecular complexity index is 380. The van der Waals surface area contributed by atoms with Crippen molar-refractivity contribution in [2.24, 2.45) is 5.92 Å². The van der Waals surface area contributed by atoms with Crippen LogP contribution in [-0.4, -0.2) is 0 Å². The average Bonchev–Trinajstić information content (AvgIpc) is 2.78. The van der Waals surface area contributed by atoms with Crippen LogP contribution in [0.5, 0.6) is 0 Å². The van der Waals surface area contributed by atoms with Gasteiger partial charge in [-0.25, -0.2) is 6.57 Å². The molecule has 0 aromatic heterocycles. The lowest BCUT2D eigenvalue weighted by Crippen LogP contribution is -2.02. The normalized spacial score (nSPS) is 31.0. The molecule has 0 heterocycles. The van der Waals surface area contributed by atoms with Gasteiger partial charge >= 0.3 is 0 Å². The van der Waals surface area contributed by atoms with E-state index in [0.717, 1.165) is 16.5 Å². The summed E-state index contributed by atoms with van der Waals surface area (Å²) < 4.78 is 1.06. The summed E-state index contributed by atoms with van der Waals surface area (Å²) in [6.45, 7) is 9.35. The molecule has 2 atom stereocenters. The molecule has 0 bridgehead atoms. The fourth-order valence-corrected chi connectivity index (χ4v) is 2.19. The van der Waals surface area contributed by atoms with Gasteiger partial charge in [-0.3, -0.25) is 0 Å². The monoisotopic (exact) mass is 235 g/mol. The molecule has 2 rings (SSSR count). The van der Waals surface area contributed by atoms with Crippen LogP contribution in [0.15, 0.2) is 28.7 Å². The van der Waals surface area contributed by atoms with Gasteiger partial charge in [-0.15, -0.1) is 0 Å². The van der Waals surface area contributed by atoms with E-state index in [-0.39, 0.29) is 5.54 Å². The van der Waals surface area contributed by atoms with Gasteiger partial charge in [0.2, 0.25) is 0 Å². The second kappa shape index (κ2) is 2.85. The maximum absolute atomic E-state index is 7.22. The Kier molecular flexibility index (Phi) is 1.92. The highest BCUT2D eigenvalue weighted by atomic mass is 79.9. The summed E-state index contributed by atoms with van der Waals surface area (Å²) in [5, 5.41) is 0. The number of rotatable bonds is 1. The van der Waals surface area contributed by atoms with Crippen molar-refractivity contribution < 1.29 is 0 Å². The van der Waals surface area contributed by atoms with E-state index in [4.69, 9.17) is 6.57 Å². The number of nitrogens with zero attached hydrogens (tertiary/aromatic N) is 1. The zero-order chi connectivity index (χ0) is 9.47. The molecule has 66 valence electrons. The van der Waals surface area contributed by atoms with Crippen molar-refractivity contribution in [3.63, 3.8) is 0 Å². The second-order valence-electron chi connectivity index (χ2n) is 3.65. The first-order chi connectivity index (χ1) is 6.19. The Morgan fingerprint density at radius 2 is 2.31 bits per heavy atom. The molecule has 1 fully saturated rings. The zero-order valence-electron chi connectivity index (χ0n) is 7.42. The molecular weight excluding hydrogens is 226 g/mol. The van der Waals surface area contributed by atoms with Gasteiger partial charge in [0.15, 0.2) is 0 Å². The van der Waals surface area contributed by atoms with Crippen LogP contribution in [0.3, 0.4) is 0 Å². The molecule has 1 aromatic rings. The summed E-state index contributed by atoms with van der Waals surface area (Å²) in [7, 11) is 0. The van der Waals surface area contributed by atoms with E-state index < -0.39 is 0 Å². The molecular formula is C11H10BrN. The summed E-state index contributed by atoms with van der Waals surface area (Å²) >= 11 is 3.43. The minimum Gasteiger partial charge on any atom is -0.305 e. The summed E-state index contributed by atoms with van der Waals surface area (Å²) in [6, 6.07) is 8.10. The van der Waals surface area contributed by atoms with Crippen molar-refractivity contribution >= 4 is 15.9 Å². The van der Waals surface area contributed by atoms with Crippen LogP contribution in [-0.2, 0) is 5.54 Å². The fourth-order valence-electron chi connectivity index (χ4n) is 1.79. The molecule has 2 heteroatoms. The van der Waals surface area contributed by atoms with Crippen molar-refractivity contribution in [3.05, 3.63) is 45.7 Å². The first-order valence-electron chi connectivity index (χ1n) is 4.34. The van der Waals surface area contributed by atoms with Crippen LogP contribution in [0.2, 0.25) is 0 Å². The van der Waals surface area contributed by atoms with Gasteiger partial charge in [0.25, 0.3) is 5.54 Å². The Labute approximate surface area is 86.7 Å². The third-order valence-electron chi connectivity index (χ3n) is 2.80. The SMILES string of the molecule is [C-]#[N+]C1(c2cccc(Br)c2)CC1C. The lowest BCUT2D eigenvalue weighted by molar-refractivity contribution is 0.772. The minimum atomic E-state index is -0.205. The Morgan fingerprint density at radius 3 is 2.77 bits per heavy atom. The van der Waals surface area contributed by atoms with Crippen LogP contribution in [0, 0.1) is 12.5 Å². The van der Waals surface area contributed by atoms with Gasteiger partial charge in [-0.1, -0.05) is 35.0 Å². The molecule has 1 saturated carbocycles. The van der Waals surface area contributed by atoms with E-state index >= 15 is 0 Å². The average molecular weight is 236 g/mol. The van der Waals surface area contributed by atoms with Crippen molar-refractivity contribution in [2.45, 2.75) is 18.9 Å². The predicted octanol–water partition coefficient (Wildman–Crippen LogP) is 3.60. The molecule has 1 aliphatic rings. The maximum Gasteiger partial charge on any atom is 0.260 e. The Balaban J connectivity index is 2.42. The molecule has 0 aliphatic heterocycles. The van der Waals surface area contributed by atoms with E-state index in [2.05, 4.69) is 33.8 Å². The number of hydrogen-bond donors (Lipinski definition) is 0. The van der Waals surface area contributed by atoms with Gasteiger partial charge < -0.3 is 4.85 Å². The molecule has 0 radical (unpaired) electrons. The molecule has 0 saturated heterocycles. The molecule has 1 nitrogen and oxygen atoms in total. The van der Waals surface area contributed by atoms with Gasteiger partial charge in [0.05, 0.1) is 0 Å². The summed E-state index contributed by atoms with van der Waals surface area (Å²) in [5.74, 6) is 0.513. The number of benzene rings is 1. The Hall–Kier alpha value is -0.810. The van der Waals surface area contributed by atoms with Gasteiger partial charge in [0.1, 0.15) is 0 Å². The fraction of sp³-hybridized carbons (Fsp3) is 0.364. The molecule has 0 N–H and O–H groups in total. The van der Waals surface area contributed by atoms with Crippen LogP contribution in [0.4, 0.5) is 0 Å². The second-order valence-corrected chi connectivity index (χ2v) is 4.57. The quantitative estimate of drug-likeness (QED) is 0.656. The first kappa shape index (κ1) is 8.77. The summed E-state index contributed by atoms with van der Waals surface area (Å²) in [6.07, 6.45) is 1.01.